The first-order valence-corrected chi connectivity index (χ1v) is 10.8. The van der Waals surface area contributed by atoms with Crippen molar-refractivity contribution in [3.63, 3.8) is 0 Å². The van der Waals surface area contributed by atoms with Gasteiger partial charge in [-0.15, -0.1) is 0 Å². The Morgan fingerprint density at radius 1 is 1.31 bits per heavy atom. The summed E-state index contributed by atoms with van der Waals surface area (Å²) in [7, 11) is 1.73. The van der Waals surface area contributed by atoms with Crippen LogP contribution in [0, 0.1) is 0 Å². The molecule has 1 saturated heterocycles. The second-order valence-electron chi connectivity index (χ2n) is 7.38. The topological polar surface area (TPSA) is 80.1 Å². The van der Waals surface area contributed by atoms with E-state index < -0.39 is 0 Å². The number of rotatable bonds is 4. The number of fused-ring (bicyclic) bond motifs is 1. The van der Waals surface area contributed by atoms with Crippen LogP contribution < -0.4 is 10.9 Å². The fraction of sp³-hybridized carbons (Fsp3) is 0.429. The van der Waals surface area contributed by atoms with Crippen LogP contribution >= 0.6 is 11.3 Å². The molecule has 2 amide bonds. The number of nitrogens with zero attached hydrogens (tertiary/aromatic N) is 4. The summed E-state index contributed by atoms with van der Waals surface area (Å²) in [4.78, 5) is 37.3. The lowest BCUT2D eigenvalue weighted by atomic mass is 10.1. The zero-order valence-corrected chi connectivity index (χ0v) is 17.7. The lowest BCUT2D eigenvalue weighted by Crippen LogP contribution is -2.40. The van der Waals surface area contributed by atoms with Crippen molar-refractivity contribution in [2.75, 3.05) is 6.54 Å². The van der Waals surface area contributed by atoms with Crippen LogP contribution in [0.3, 0.4) is 0 Å². The summed E-state index contributed by atoms with van der Waals surface area (Å²) in [6.45, 7) is 4.64. The number of benzene rings is 1. The highest BCUT2D eigenvalue weighted by molar-refractivity contribution is 7.18. The van der Waals surface area contributed by atoms with E-state index in [2.05, 4.69) is 15.3 Å². The zero-order chi connectivity index (χ0) is 20.5. The number of hydrogen-bond acceptors (Lipinski definition) is 5. The molecular weight excluding hydrogens is 386 g/mol. The van der Waals surface area contributed by atoms with E-state index >= 15 is 0 Å². The van der Waals surface area contributed by atoms with E-state index in [1.54, 1.807) is 11.6 Å². The van der Waals surface area contributed by atoms with Crippen LogP contribution in [0.4, 0.5) is 4.79 Å². The van der Waals surface area contributed by atoms with Crippen molar-refractivity contribution >= 4 is 27.7 Å². The molecule has 1 fully saturated rings. The second-order valence-corrected chi connectivity index (χ2v) is 8.39. The fourth-order valence-corrected chi connectivity index (χ4v) is 4.93. The average Bonchev–Trinajstić information content (AvgIpc) is 3.38. The van der Waals surface area contributed by atoms with E-state index in [9.17, 15) is 9.59 Å². The van der Waals surface area contributed by atoms with Gasteiger partial charge in [0.2, 0.25) is 0 Å². The van der Waals surface area contributed by atoms with Gasteiger partial charge in [0, 0.05) is 20.0 Å². The van der Waals surface area contributed by atoms with Gasteiger partial charge in [-0.05, 0) is 25.3 Å². The van der Waals surface area contributed by atoms with Crippen LogP contribution in [0.2, 0.25) is 0 Å². The van der Waals surface area contributed by atoms with Crippen molar-refractivity contribution in [3.8, 4) is 0 Å². The lowest BCUT2D eigenvalue weighted by molar-refractivity contribution is 0.189. The molecule has 8 heteroatoms. The van der Waals surface area contributed by atoms with Gasteiger partial charge in [-0.1, -0.05) is 48.6 Å². The van der Waals surface area contributed by atoms with Crippen LogP contribution in [-0.4, -0.2) is 32.0 Å². The van der Waals surface area contributed by atoms with Crippen LogP contribution in [-0.2, 0) is 13.5 Å². The summed E-state index contributed by atoms with van der Waals surface area (Å²) in [6, 6.07) is 9.61. The van der Waals surface area contributed by atoms with E-state index in [1.807, 2.05) is 49.1 Å². The van der Waals surface area contributed by atoms with E-state index in [0.29, 0.717) is 23.3 Å². The van der Waals surface area contributed by atoms with Gasteiger partial charge in [0.05, 0.1) is 12.1 Å². The molecular formula is C21H25N5O2S. The molecule has 7 nitrogen and oxygen atoms in total. The molecule has 2 aromatic heterocycles. The number of aromatic nitrogens is 3. The van der Waals surface area contributed by atoms with Gasteiger partial charge in [0.15, 0.2) is 10.3 Å². The number of likely N-dealkylation sites (tertiary alicyclic amines) is 1. The first-order valence-electron chi connectivity index (χ1n) is 9.98. The zero-order valence-electron chi connectivity index (χ0n) is 16.9. The molecule has 1 N–H and O–H groups in total. The van der Waals surface area contributed by atoms with Gasteiger partial charge in [-0.2, -0.15) is 0 Å². The first kappa shape index (κ1) is 19.6. The van der Waals surface area contributed by atoms with Gasteiger partial charge >= 0.3 is 6.03 Å². The highest BCUT2D eigenvalue weighted by atomic mass is 32.1. The van der Waals surface area contributed by atoms with Crippen molar-refractivity contribution < 1.29 is 4.79 Å². The molecule has 0 spiro atoms. The van der Waals surface area contributed by atoms with Crippen molar-refractivity contribution in [2.45, 2.75) is 45.2 Å². The number of nitrogens with one attached hydrogen (secondary N) is 1. The minimum atomic E-state index is -0.124. The highest BCUT2D eigenvalue weighted by Gasteiger charge is 2.33. The number of thiazole rings is 1. The van der Waals surface area contributed by atoms with E-state index in [0.717, 1.165) is 29.2 Å². The molecule has 0 bridgehead atoms. The molecule has 1 aliphatic heterocycles. The predicted octanol–water partition coefficient (Wildman–Crippen LogP) is 3.56. The number of aryl methyl sites for hydroxylation is 1. The standard InChI is InChI=1S/C21H25N5O2S/c1-4-16-23-19-17(20(27)25(16)3)24-18(29-19)15-11-8-12-26(15)21(28)22-13(2)14-9-6-5-7-10-14/h5-7,9-10,13,15H,4,8,11-12H2,1-3H3,(H,22,28)/t13-,15-/m1/s1. The molecule has 1 aromatic carbocycles. The minimum absolute atomic E-state index is 0.0820. The monoisotopic (exact) mass is 411 g/mol. The Morgan fingerprint density at radius 3 is 2.79 bits per heavy atom. The maximum absolute atomic E-state index is 13.0. The lowest BCUT2D eigenvalue weighted by Gasteiger charge is -2.25. The molecule has 2 atom stereocenters. The SMILES string of the molecule is CCc1nc2sc([C@H]3CCCN3C(=O)N[C@H](C)c3ccccc3)nc2c(=O)n1C. The molecule has 0 saturated carbocycles. The summed E-state index contributed by atoms with van der Waals surface area (Å²) in [5, 5.41) is 3.88. The van der Waals surface area contributed by atoms with Gasteiger partial charge < -0.3 is 10.2 Å². The summed E-state index contributed by atoms with van der Waals surface area (Å²) in [6.07, 6.45) is 2.44. The van der Waals surface area contributed by atoms with Crippen LogP contribution in [0.5, 0.6) is 0 Å². The van der Waals surface area contributed by atoms with Crippen LogP contribution in [0.15, 0.2) is 35.1 Å². The molecule has 0 radical (unpaired) electrons. The number of carbonyl (C=O) groups is 1. The van der Waals surface area contributed by atoms with E-state index in [1.165, 1.54) is 11.3 Å². The normalized spacial score (nSPS) is 17.6. The summed E-state index contributed by atoms with van der Waals surface area (Å²) >= 11 is 1.43. The third kappa shape index (κ3) is 3.64. The van der Waals surface area contributed by atoms with E-state index in [4.69, 9.17) is 0 Å². The maximum Gasteiger partial charge on any atom is 0.318 e. The van der Waals surface area contributed by atoms with Crippen molar-refractivity contribution in [1.82, 2.24) is 24.8 Å². The average molecular weight is 412 g/mol. The maximum atomic E-state index is 13.0. The Kier molecular flexibility index (Phi) is 5.36. The van der Waals surface area contributed by atoms with Crippen molar-refractivity contribution in [2.24, 2.45) is 7.05 Å². The van der Waals surface area contributed by atoms with Crippen molar-refractivity contribution in [1.29, 1.82) is 0 Å². The Bertz CT molecular complexity index is 1090. The number of amides is 2. The van der Waals surface area contributed by atoms with Crippen LogP contribution in [0.25, 0.3) is 10.3 Å². The quantitative estimate of drug-likeness (QED) is 0.712. The summed E-state index contributed by atoms with van der Waals surface area (Å²) in [5.41, 5.74) is 1.34. The summed E-state index contributed by atoms with van der Waals surface area (Å²) < 4.78 is 1.56. The number of urea groups is 1. The third-order valence-corrected chi connectivity index (χ3v) is 6.56. The molecule has 3 heterocycles. The molecule has 0 aliphatic carbocycles. The van der Waals surface area contributed by atoms with Gasteiger partial charge in [0.25, 0.3) is 5.56 Å². The highest BCUT2D eigenvalue weighted by Crippen LogP contribution is 2.35. The predicted molar refractivity (Wildman–Crippen MR) is 114 cm³/mol. The van der Waals surface area contributed by atoms with Gasteiger partial charge in [-0.3, -0.25) is 9.36 Å². The van der Waals surface area contributed by atoms with E-state index in [-0.39, 0.29) is 23.7 Å². The molecule has 4 rings (SSSR count). The van der Waals surface area contributed by atoms with Crippen molar-refractivity contribution in [3.05, 3.63) is 57.1 Å². The third-order valence-electron chi connectivity index (χ3n) is 5.51. The number of carbonyl (C=O) groups excluding carboxylic acids is 1. The second kappa shape index (κ2) is 7.94. The minimum Gasteiger partial charge on any atom is -0.331 e. The molecule has 152 valence electrons. The van der Waals surface area contributed by atoms with Crippen LogP contribution in [0.1, 0.15) is 55.2 Å². The smallest absolute Gasteiger partial charge is 0.318 e. The number of hydrogen-bond donors (Lipinski definition) is 1. The first-order chi connectivity index (χ1) is 14.0. The molecule has 29 heavy (non-hydrogen) atoms. The summed E-state index contributed by atoms with van der Waals surface area (Å²) in [5.74, 6) is 0.746. The molecule has 0 unspecified atom stereocenters. The fourth-order valence-electron chi connectivity index (χ4n) is 3.83. The Hall–Kier alpha value is -2.74. The Labute approximate surface area is 173 Å². The van der Waals surface area contributed by atoms with Gasteiger partial charge in [0.1, 0.15) is 10.8 Å². The largest absolute Gasteiger partial charge is 0.331 e. The molecule has 1 aliphatic rings. The Balaban J connectivity index is 1.59. The molecule has 3 aromatic rings. The van der Waals surface area contributed by atoms with Gasteiger partial charge in [-0.25, -0.2) is 14.8 Å². The Morgan fingerprint density at radius 2 is 2.07 bits per heavy atom.